The maximum absolute atomic E-state index is 12.2. The van der Waals surface area contributed by atoms with Gasteiger partial charge in [-0.15, -0.1) is 0 Å². The van der Waals surface area contributed by atoms with Gasteiger partial charge in [0.2, 0.25) is 6.10 Å². The van der Waals surface area contributed by atoms with Crippen LogP contribution in [0.2, 0.25) is 0 Å². The van der Waals surface area contributed by atoms with Gasteiger partial charge in [-0.2, -0.15) is 0 Å². The molecule has 0 aliphatic carbocycles. The number of esters is 2. The van der Waals surface area contributed by atoms with E-state index >= 15 is 0 Å². The first-order chi connectivity index (χ1) is 15.6. The van der Waals surface area contributed by atoms with E-state index in [0.29, 0.717) is 11.1 Å². The molecule has 10 heteroatoms. The van der Waals surface area contributed by atoms with E-state index in [1.807, 2.05) is 0 Å². The number of carbonyl (C=O) groups excluding carboxylic acids is 2. The van der Waals surface area contributed by atoms with Crippen LogP contribution < -0.4 is 0 Å². The molecule has 0 aliphatic rings. The Balaban J connectivity index is 1.98. The summed E-state index contributed by atoms with van der Waals surface area (Å²) in [5, 5.41) is 37.1. The molecule has 0 radical (unpaired) electrons. The Bertz CT molecular complexity index is 966. The molecule has 0 spiro atoms. The first-order valence-corrected chi connectivity index (χ1v) is 10.0. The lowest BCUT2D eigenvalue weighted by Gasteiger charge is -2.23. The van der Waals surface area contributed by atoms with Crippen LogP contribution in [-0.2, 0) is 41.5 Å². The highest BCUT2D eigenvalue weighted by Gasteiger charge is 2.36. The van der Waals surface area contributed by atoms with Gasteiger partial charge < -0.3 is 29.9 Å². The zero-order valence-corrected chi connectivity index (χ0v) is 17.5. The van der Waals surface area contributed by atoms with Gasteiger partial charge in [-0.05, 0) is 48.2 Å². The van der Waals surface area contributed by atoms with Crippen molar-refractivity contribution in [1.82, 2.24) is 0 Å². The second-order valence-electron chi connectivity index (χ2n) is 7.21. The van der Waals surface area contributed by atoms with Gasteiger partial charge in [0, 0.05) is 12.8 Å². The number of hydrogen-bond acceptors (Lipinski definition) is 8. The minimum atomic E-state index is -1.99. The van der Waals surface area contributed by atoms with E-state index in [0.717, 1.165) is 0 Å². The van der Waals surface area contributed by atoms with Gasteiger partial charge >= 0.3 is 23.9 Å². The Kier molecular flexibility index (Phi) is 9.22. The largest absolute Gasteiger partial charge is 0.508 e. The first kappa shape index (κ1) is 25.2. The summed E-state index contributed by atoms with van der Waals surface area (Å²) in [7, 11) is 0. The average Bonchev–Trinajstić information content (AvgIpc) is 2.75. The van der Waals surface area contributed by atoms with E-state index < -0.39 is 42.5 Å². The number of aliphatic carboxylic acids is 2. The van der Waals surface area contributed by atoms with Crippen LogP contribution in [0, 0.1) is 0 Å². The molecule has 10 nitrogen and oxygen atoms in total. The number of aryl methyl sites for hydroxylation is 2. The molecule has 2 rings (SSSR count). The minimum Gasteiger partial charge on any atom is -0.508 e. The maximum Gasteiger partial charge on any atom is 0.349 e. The molecule has 0 bridgehead atoms. The van der Waals surface area contributed by atoms with Crippen molar-refractivity contribution in [3.8, 4) is 11.5 Å². The summed E-state index contributed by atoms with van der Waals surface area (Å²) in [4.78, 5) is 47.2. The van der Waals surface area contributed by atoms with Gasteiger partial charge in [0.25, 0.3) is 0 Å². The monoisotopic (exact) mass is 460 g/mol. The smallest absolute Gasteiger partial charge is 0.349 e. The average molecular weight is 460 g/mol. The highest BCUT2D eigenvalue weighted by molar-refractivity contribution is 5.81. The van der Waals surface area contributed by atoms with Gasteiger partial charge in [0.05, 0.1) is 6.42 Å². The molecular weight excluding hydrogens is 436 g/mol. The Morgan fingerprint density at radius 1 is 0.697 bits per heavy atom. The fourth-order valence-corrected chi connectivity index (χ4v) is 2.91. The lowest BCUT2D eigenvalue weighted by molar-refractivity contribution is -0.181. The van der Waals surface area contributed by atoms with Gasteiger partial charge in [0.15, 0.2) is 6.10 Å². The van der Waals surface area contributed by atoms with E-state index in [-0.39, 0.29) is 37.2 Å². The first-order valence-electron chi connectivity index (χ1n) is 10.0. The fourth-order valence-electron chi connectivity index (χ4n) is 2.91. The van der Waals surface area contributed by atoms with Crippen molar-refractivity contribution >= 4 is 23.9 Å². The summed E-state index contributed by atoms with van der Waals surface area (Å²) in [6.07, 6.45) is -4.56. The summed E-state index contributed by atoms with van der Waals surface area (Å²) >= 11 is 0. The van der Waals surface area contributed by atoms with Gasteiger partial charge in [-0.25, -0.2) is 4.79 Å². The van der Waals surface area contributed by atoms with Crippen molar-refractivity contribution in [2.45, 2.75) is 44.3 Å². The summed E-state index contributed by atoms with van der Waals surface area (Å²) in [6.45, 7) is 0. The third-order valence-corrected chi connectivity index (χ3v) is 4.61. The van der Waals surface area contributed by atoms with Gasteiger partial charge in [-0.1, -0.05) is 24.3 Å². The molecule has 4 N–H and O–H groups in total. The predicted molar refractivity (Wildman–Crippen MR) is 113 cm³/mol. The molecule has 2 unspecified atom stereocenters. The minimum absolute atomic E-state index is 0.0519. The number of carboxylic acids is 2. The Labute approximate surface area is 189 Å². The van der Waals surface area contributed by atoms with E-state index in [9.17, 15) is 34.5 Å². The highest BCUT2D eigenvalue weighted by Crippen LogP contribution is 2.16. The van der Waals surface area contributed by atoms with Crippen molar-refractivity contribution in [2.75, 3.05) is 0 Å². The van der Waals surface area contributed by atoms with Crippen molar-refractivity contribution < 1.29 is 49.1 Å². The lowest BCUT2D eigenvalue weighted by atomic mass is 10.1. The number of aromatic hydroxyl groups is 2. The molecule has 0 saturated heterocycles. The van der Waals surface area contributed by atoms with E-state index in [1.54, 1.807) is 24.3 Å². The van der Waals surface area contributed by atoms with Gasteiger partial charge in [0.1, 0.15) is 11.5 Å². The molecule has 0 aromatic heterocycles. The van der Waals surface area contributed by atoms with Crippen LogP contribution in [-0.4, -0.2) is 56.5 Å². The Morgan fingerprint density at radius 3 is 1.52 bits per heavy atom. The van der Waals surface area contributed by atoms with Crippen LogP contribution in [0.25, 0.3) is 0 Å². The normalized spacial score (nSPS) is 12.4. The van der Waals surface area contributed by atoms with Crippen LogP contribution in [0.15, 0.2) is 48.5 Å². The zero-order valence-electron chi connectivity index (χ0n) is 17.5. The van der Waals surface area contributed by atoms with E-state index in [4.69, 9.17) is 14.6 Å². The molecule has 2 aromatic rings. The SMILES string of the molecule is O=C(O)CC(OC(=O)CCc1ccc(O)cc1)C(OC(=O)CCc1ccc(O)cc1)C(=O)O. The second kappa shape index (κ2) is 12.1. The third-order valence-electron chi connectivity index (χ3n) is 4.61. The van der Waals surface area contributed by atoms with Crippen molar-refractivity contribution in [1.29, 1.82) is 0 Å². The molecule has 0 heterocycles. The standard InChI is InChI=1S/C23H24O10/c24-16-7-1-14(2-8-16)5-11-20(28)32-18(13-19(26)27)22(23(30)31)33-21(29)12-6-15-3-9-17(25)10-4-15/h1-4,7-10,18,22,24-25H,5-6,11-13H2,(H,26,27)(H,30,31). The van der Waals surface area contributed by atoms with Crippen LogP contribution in [0.4, 0.5) is 0 Å². The molecule has 0 aliphatic heterocycles. The number of ether oxygens (including phenoxy) is 2. The predicted octanol–water partition coefficient (Wildman–Crippen LogP) is 2.05. The number of hydrogen-bond donors (Lipinski definition) is 4. The molecule has 176 valence electrons. The summed E-state index contributed by atoms with van der Waals surface area (Å²) < 4.78 is 9.99. The third kappa shape index (κ3) is 8.90. The zero-order chi connectivity index (χ0) is 24.4. The number of rotatable bonds is 12. The topological polar surface area (TPSA) is 168 Å². The summed E-state index contributed by atoms with van der Waals surface area (Å²) in [6, 6.07) is 12.1. The number of carboxylic acid groups (broad SMARTS) is 2. The Hall–Kier alpha value is -4.08. The molecule has 0 saturated carbocycles. The number of phenols is 2. The van der Waals surface area contributed by atoms with Crippen LogP contribution >= 0.6 is 0 Å². The van der Waals surface area contributed by atoms with Crippen LogP contribution in [0.5, 0.6) is 11.5 Å². The number of phenolic OH excluding ortho intramolecular Hbond substituents is 2. The van der Waals surface area contributed by atoms with Crippen molar-refractivity contribution in [3.05, 3.63) is 59.7 Å². The van der Waals surface area contributed by atoms with Crippen LogP contribution in [0.1, 0.15) is 30.4 Å². The van der Waals surface area contributed by atoms with Gasteiger partial charge in [-0.3, -0.25) is 14.4 Å². The summed E-state index contributed by atoms with van der Waals surface area (Å²) in [5.74, 6) is -4.74. The molecular formula is C23H24O10. The highest BCUT2D eigenvalue weighted by atomic mass is 16.6. The quantitative estimate of drug-likeness (QED) is 0.344. The van der Waals surface area contributed by atoms with E-state index in [2.05, 4.69) is 0 Å². The van der Waals surface area contributed by atoms with Crippen molar-refractivity contribution in [3.63, 3.8) is 0 Å². The Morgan fingerprint density at radius 2 is 1.12 bits per heavy atom. The molecule has 2 aromatic carbocycles. The van der Waals surface area contributed by atoms with E-state index in [1.165, 1.54) is 24.3 Å². The number of benzene rings is 2. The van der Waals surface area contributed by atoms with Crippen molar-refractivity contribution in [2.24, 2.45) is 0 Å². The maximum atomic E-state index is 12.2. The fraction of sp³-hybridized carbons (Fsp3) is 0.304. The second-order valence-corrected chi connectivity index (χ2v) is 7.21. The molecule has 0 amide bonds. The molecule has 0 fully saturated rings. The lowest BCUT2D eigenvalue weighted by Crippen LogP contribution is -2.42. The van der Waals surface area contributed by atoms with Crippen LogP contribution in [0.3, 0.4) is 0 Å². The molecule has 33 heavy (non-hydrogen) atoms. The number of carbonyl (C=O) groups is 4. The molecule has 2 atom stereocenters. The summed E-state index contributed by atoms with van der Waals surface area (Å²) in [5.41, 5.74) is 1.40.